The predicted molar refractivity (Wildman–Crippen MR) is 87.5 cm³/mol. The Morgan fingerprint density at radius 2 is 1.96 bits per heavy atom. The Balaban J connectivity index is 1.49. The van der Waals surface area contributed by atoms with E-state index in [-0.39, 0.29) is 11.9 Å². The molecule has 4 nitrogen and oxygen atoms in total. The van der Waals surface area contributed by atoms with Crippen molar-refractivity contribution in [3.8, 4) is 0 Å². The third-order valence-corrected chi connectivity index (χ3v) is 5.11. The zero-order chi connectivity index (χ0) is 16.0. The van der Waals surface area contributed by atoms with E-state index < -0.39 is 0 Å². The van der Waals surface area contributed by atoms with Crippen molar-refractivity contribution >= 4 is 5.91 Å². The van der Waals surface area contributed by atoms with E-state index in [1.54, 1.807) is 0 Å². The second kappa shape index (κ2) is 5.52. The Kier molecular flexibility index (Phi) is 3.47. The smallest absolute Gasteiger partial charge is 0.276 e. The van der Waals surface area contributed by atoms with Gasteiger partial charge in [0.05, 0.1) is 0 Å². The van der Waals surface area contributed by atoms with E-state index in [2.05, 4.69) is 43.3 Å². The van der Waals surface area contributed by atoms with Gasteiger partial charge in [0, 0.05) is 30.5 Å². The highest BCUT2D eigenvalue weighted by molar-refractivity contribution is 5.92. The summed E-state index contributed by atoms with van der Waals surface area (Å²) in [5.41, 5.74) is 3.04. The maximum Gasteiger partial charge on any atom is 0.276 e. The average Bonchev–Trinajstić information content (AvgIpc) is 3.15. The summed E-state index contributed by atoms with van der Waals surface area (Å²) in [6.07, 6.45) is 3.30. The quantitative estimate of drug-likeness (QED) is 0.864. The minimum atomic E-state index is 0.00256. The molecule has 120 valence electrons. The van der Waals surface area contributed by atoms with Crippen LogP contribution < -0.4 is 0 Å². The molecule has 1 aromatic carbocycles. The van der Waals surface area contributed by atoms with Crippen LogP contribution >= 0.6 is 0 Å². The summed E-state index contributed by atoms with van der Waals surface area (Å²) in [4.78, 5) is 14.7. The third kappa shape index (κ3) is 2.78. The Morgan fingerprint density at radius 3 is 2.65 bits per heavy atom. The van der Waals surface area contributed by atoms with Crippen molar-refractivity contribution in [3.05, 3.63) is 52.9 Å². The van der Waals surface area contributed by atoms with Crippen molar-refractivity contribution in [1.29, 1.82) is 0 Å². The van der Waals surface area contributed by atoms with Gasteiger partial charge >= 0.3 is 0 Å². The molecule has 0 radical (unpaired) electrons. The maximum atomic E-state index is 12.7. The lowest BCUT2D eigenvalue weighted by molar-refractivity contribution is 0.0735. The Morgan fingerprint density at radius 1 is 1.22 bits per heavy atom. The van der Waals surface area contributed by atoms with Crippen LogP contribution in [0.2, 0.25) is 0 Å². The van der Waals surface area contributed by atoms with Gasteiger partial charge in [-0.15, -0.1) is 0 Å². The summed E-state index contributed by atoms with van der Waals surface area (Å²) in [7, 11) is 0. The number of carbonyl (C=O) groups excluding carboxylic acids is 1. The third-order valence-electron chi connectivity index (χ3n) is 5.11. The van der Waals surface area contributed by atoms with Crippen LogP contribution in [0.5, 0.6) is 0 Å². The number of amides is 1. The van der Waals surface area contributed by atoms with Gasteiger partial charge in [-0.2, -0.15) is 0 Å². The molecule has 2 fully saturated rings. The standard InChI is InChI=1S/C19H22N2O2/c1-12-3-5-14(6-4-12)16-9-13(2)21(11-16)19(22)17-10-18(23-20-17)15-7-8-15/h3-6,10,13,15-16H,7-9,11H2,1-2H3/t13-,16-/m1/s1. The first-order valence-electron chi connectivity index (χ1n) is 8.46. The van der Waals surface area contributed by atoms with Crippen LogP contribution in [0.4, 0.5) is 0 Å². The molecule has 2 atom stereocenters. The topological polar surface area (TPSA) is 46.3 Å². The molecule has 1 saturated carbocycles. The monoisotopic (exact) mass is 310 g/mol. The van der Waals surface area contributed by atoms with Gasteiger partial charge in [-0.05, 0) is 38.7 Å². The van der Waals surface area contributed by atoms with Crippen molar-refractivity contribution in [2.45, 2.75) is 51.0 Å². The second-order valence-corrected chi connectivity index (χ2v) is 7.04. The van der Waals surface area contributed by atoms with Crippen molar-refractivity contribution in [2.75, 3.05) is 6.54 Å². The number of likely N-dealkylation sites (tertiary alicyclic amines) is 1. The van der Waals surface area contributed by atoms with Gasteiger partial charge in [0.25, 0.3) is 5.91 Å². The fourth-order valence-electron chi connectivity index (χ4n) is 3.49. The molecule has 0 N–H and O–H groups in total. The molecule has 0 unspecified atom stereocenters. The van der Waals surface area contributed by atoms with Gasteiger partial charge in [-0.3, -0.25) is 4.79 Å². The largest absolute Gasteiger partial charge is 0.360 e. The highest BCUT2D eigenvalue weighted by Crippen LogP contribution is 2.40. The van der Waals surface area contributed by atoms with E-state index in [9.17, 15) is 4.79 Å². The number of aromatic nitrogens is 1. The number of aryl methyl sites for hydroxylation is 1. The lowest BCUT2D eigenvalue weighted by Crippen LogP contribution is -2.34. The maximum absolute atomic E-state index is 12.7. The molecule has 2 aromatic rings. The fraction of sp³-hybridized carbons (Fsp3) is 0.474. The molecule has 23 heavy (non-hydrogen) atoms. The first-order valence-corrected chi connectivity index (χ1v) is 8.46. The molecule has 1 aliphatic carbocycles. The van der Waals surface area contributed by atoms with Crippen LogP contribution in [0.3, 0.4) is 0 Å². The fourth-order valence-corrected chi connectivity index (χ4v) is 3.49. The number of hydrogen-bond donors (Lipinski definition) is 0. The lowest BCUT2D eigenvalue weighted by Gasteiger charge is -2.19. The predicted octanol–water partition coefficient (Wildman–Crippen LogP) is 3.88. The zero-order valence-corrected chi connectivity index (χ0v) is 13.7. The summed E-state index contributed by atoms with van der Waals surface area (Å²) in [5.74, 6) is 1.77. The minimum Gasteiger partial charge on any atom is -0.360 e. The Hall–Kier alpha value is -2.10. The van der Waals surface area contributed by atoms with Gasteiger partial charge < -0.3 is 9.42 Å². The van der Waals surface area contributed by atoms with Crippen LogP contribution in [-0.2, 0) is 0 Å². The Bertz CT molecular complexity index is 715. The molecule has 2 aliphatic rings. The van der Waals surface area contributed by atoms with E-state index >= 15 is 0 Å². The molecule has 1 aromatic heterocycles. The highest BCUT2D eigenvalue weighted by atomic mass is 16.5. The van der Waals surface area contributed by atoms with Crippen molar-refractivity contribution in [1.82, 2.24) is 10.1 Å². The number of carbonyl (C=O) groups is 1. The number of nitrogens with zero attached hydrogens (tertiary/aromatic N) is 2. The average molecular weight is 310 g/mol. The number of rotatable bonds is 3. The van der Waals surface area contributed by atoms with Gasteiger partial charge in [0.1, 0.15) is 5.76 Å². The molecule has 0 spiro atoms. The molecule has 4 heteroatoms. The molecular formula is C19H22N2O2. The minimum absolute atomic E-state index is 0.00256. The van der Waals surface area contributed by atoms with Crippen molar-refractivity contribution in [3.63, 3.8) is 0 Å². The summed E-state index contributed by atoms with van der Waals surface area (Å²) in [6.45, 7) is 4.97. The summed E-state index contributed by atoms with van der Waals surface area (Å²) in [6, 6.07) is 10.7. The van der Waals surface area contributed by atoms with E-state index in [4.69, 9.17) is 4.52 Å². The number of benzene rings is 1. The molecule has 2 heterocycles. The first-order chi connectivity index (χ1) is 11.1. The SMILES string of the molecule is Cc1ccc([C@@H]2C[C@@H](C)N(C(=O)c3cc(C4CC4)on3)C2)cc1. The van der Waals surface area contributed by atoms with Crippen molar-refractivity contribution < 1.29 is 9.32 Å². The van der Waals surface area contributed by atoms with E-state index in [1.165, 1.54) is 11.1 Å². The van der Waals surface area contributed by atoms with Gasteiger partial charge in [0.15, 0.2) is 5.69 Å². The van der Waals surface area contributed by atoms with Gasteiger partial charge in [-0.1, -0.05) is 35.0 Å². The highest BCUT2D eigenvalue weighted by Gasteiger charge is 2.36. The Labute approximate surface area is 136 Å². The van der Waals surface area contributed by atoms with Crippen LogP contribution in [0, 0.1) is 6.92 Å². The normalized spacial score (nSPS) is 24.2. The van der Waals surface area contributed by atoms with E-state index in [1.807, 2.05) is 11.0 Å². The number of hydrogen-bond acceptors (Lipinski definition) is 3. The molecular weight excluding hydrogens is 288 g/mol. The van der Waals surface area contributed by atoms with Crippen LogP contribution in [0.25, 0.3) is 0 Å². The summed E-state index contributed by atoms with van der Waals surface area (Å²) < 4.78 is 5.33. The zero-order valence-electron chi connectivity index (χ0n) is 13.7. The van der Waals surface area contributed by atoms with Crippen molar-refractivity contribution in [2.24, 2.45) is 0 Å². The first kappa shape index (κ1) is 14.5. The van der Waals surface area contributed by atoms with Crippen LogP contribution in [0.1, 0.15) is 65.4 Å². The molecule has 4 rings (SSSR count). The van der Waals surface area contributed by atoms with Crippen LogP contribution in [-0.4, -0.2) is 28.6 Å². The lowest BCUT2D eigenvalue weighted by atomic mass is 9.96. The van der Waals surface area contributed by atoms with Gasteiger partial charge in [0.2, 0.25) is 0 Å². The second-order valence-electron chi connectivity index (χ2n) is 7.04. The van der Waals surface area contributed by atoms with E-state index in [0.29, 0.717) is 17.5 Å². The summed E-state index contributed by atoms with van der Waals surface area (Å²) in [5, 5.41) is 4.00. The van der Waals surface area contributed by atoms with Gasteiger partial charge in [-0.25, -0.2) is 0 Å². The van der Waals surface area contributed by atoms with E-state index in [0.717, 1.165) is 31.6 Å². The molecule has 1 saturated heterocycles. The summed E-state index contributed by atoms with van der Waals surface area (Å²) >= 11 is 0. The molecule has 0 bridgehead atoms. The molecule has 1 amide bonds. The van der Waals surface area contributed by atoms with Crippen LogP contribution in [0.15, 0.2) is 34.9 Å². The molecule has 1 aliphatic heterocycles.